The maximum atomic E-state index is 10.1. The van der Waals surface area contributed by atoms with Crippen LogP contribution in [0.15, 0.2) is 24.3 Å². The van der Waals surface area contributed by atoms with Crippen molar-refractivity contribution < 1.29 is 9.84 Å². The lowest BCUT2D eigenvalue weighted by molar-refractivity contribution is 0.0887. The average molecular weight is 289 g/mol. The molecule has 114 valence electrons. The number of aliphatic hydroxyl groups excluding tert-OH is 1. The third kappa shape index (κ3) is 3.76. The minimum absolute atomic E-state index is 0.212. The predicted octanol–water partition coefficient (Wildman–Crippen LogP) is 2.08. The first-order valence-corrected chi connectivity index (χ1v) is 7.20. The lowest BCUT2D eigenvalue weighted by Gasteiger charge is -2.14. The molecule has 0 aliphatic rings. The molecule has 5 heteroatoms. The van der Waals surface area contributed by atoms with Crippen LogP contribution < -0.4 is 10.5 Å². The van der Waals surface area contributed by atoms with Crippen LogP contribution in [0, 0.1) is 13.8 Å². The SMILES string of the molecule is CCc1c(C)nn(CC(O)COc2cccc(N)c2)c1C. The molecule has 1 aromatic carbocycles. The van der Waals surface area contributed by atoms with Gasteiger partial charge in [-0.3, -0.25) is 4.68 Å². The Labute approximate surface area is 125 Å². The standard InChI is InChI=1S/C16H23N3O2/c1-4-16-11(2)18-19(12(16)3)9-14(20)10-21-15-7-5-6-13(17)8-15/h5-8,14,20H,4,9-10,17H2,1-3H3. The molecule has 2 rings (SSSR count). The van der Waals surface area contributed by atoms with Crippen molar-refractivity contribution >= 4 is 5.69 Å². The number of nitrogen functional groups attached to an aromatic ring is 1. The topological polar surface area (TPSA) is 73.3 Å². The average Bonchev–Trinajstić information content (AvgIpc) is 2.71. The van der Waals surface area contributed by atoms with Crippen molar-refractivity contribution in [1.29, 1.82) is 0 Å². The summed E-state index contributed by atoms with van der Waals surface area (Å²) in [5, 5.41) is 14.6. The monoisotopic (exact) mass is 289 g/mol. The fourth-order valence-corrected chi connectivity index (χ4v) is 2.47. The number of hydrogen-bond donors (Lipinski definition) is 2. The maximum Gasteiger partial charge on any atom is 0.121 e. The highest BCUT2D eigenvalue weighted by Gasteiger charge is 2.13. The molecule has 0 amide bonds. The molecular formula is C16H23N3O2. The van der Waals surface area contributed by atoms with Crippen LogP contribution in [0.3, 0.4) is 0 Å². The Hall–Kier alpha value is -2.01. The summed E-state index contributed by atoms with van der Waals surface area (Å²) in [6, 6.07) is 7.18. The van der Waals surface area contributed by atoms with Crippen LogP contribution in [-0.2, 0) is 13.0 Å². The first-order chi connectivity index (χ1) is 10.0. The van der Waals surface area contributed by atoms with Gasteiger partial charge in [-0.2, -0.15) is 5.10 Å². The van der Waals surface area contributed by atoms with Crippen LogP contribution in [0.2, 0.25) is 0 Å². The van der Waals surface area contributed by atoms with E-state index in [9.17, 15) is 5.11 Å². The molecular weight excluding hydrogens is 266 g/mol. The third-order valence-electron chi connectivity index (χ3n) is 3.57. The van der Waals surface area contributed by atoms with E-state index in [1.807, 2.05) is 30.7 Å². The van der Waals surface area contributed by atoms with Gasteiger partial charge in [-0.05, 0) is 38.0 Å². The van der Waals surface area contributed by atoms with Crippen molar-refractivity contribution in [3.63, 3.8) is 0 Å². The van der Waals surface area contributed by atoms with Crippen LogP contribution in [0.4, 0.5) is 5.69 Å². The largest absolute Gasteiger partial charge is 0.491 e. The summed E-state index contributed by atoms with van der Waals surface area (Å²) in [6.07, 6.45) is 0.335. The van der Waals surface area contributed by atoms with Gasteiger partial charge in [0.1, 0.15) is 18.5 Å². The molecule has 21 heavy (non-hydrogen) atoms. The molecule has 0 radical (unpaired) electrons. The second-order valence-corrected chi connectivity index (χ2v) is 5.22. The van der Waals surface area contributed by atoms with E-state index in [1.54, 1.807) is 12.1 Å². The Morgan fingerprint density at radius 2 is 2.14 bits per heavy atom. The van der Waals surface area contributed by atoms with Gasteiger partial charge in [0, 0.05) is 17.4 Å². The number of aliphatic hydroxyl groups is 1. The smallest absolute Gasteiger partial charge is 0.121 e. The molecule has 1 unspecified atom stereocenters. The van der Waals surface area contributed by atoms with Crippen LogP contribution in [0.1, 0.15) is 23.9 Å². The zero-order valence-corrected chi connectivity index (χ0v) is 12.8. The summed E-state index contributed by atoms with van der Waals surface area (Å²) in [4.78, 5) is 0. The minimum Gasteiger partial charge on any atom is -0.491 e. The van der Waals surface area contributed by atoms with Gasteiger partial charge < -0.3 is 15.6 Å². The number of benzene rings is 1. The Morgan fingerprint density at radius 1 is 1.38 bits per heavy atom. The van der Waals surface area contributed by atoms with Crippen LogP contribution in [-0.4, -0.2) is 27.6 Å². The van der Waals surface area contributed by atoms with Crippen LogP contribution in [0.5, 0.6) is 5.75 Å². The van der Waals surface area contributed by atoms with Crippen molar-refractivity contribution in [3.8, 4) is 5.75 Å². The van der Waals surface area contributed by atoms with E-state index in [1.165, 1.54) is 5.56 Å². The normalized spacial score (nSPS) is 12.4. The van der Waals surface area contributed by atoms with E-state index >= 15 is 0 Å². The summed E-state index contributed by atoms with van der Waals surface area (Å²) in [6.45, 7) is 6.78. The van der Waals surface area contributed by atoms with Gasteiger partial charge in [0.25, 0.3) is 0 Å². The Morgan fingerprint density at radius 3 is 2.76 bits per heavy atom. The zero-order valence-electron chi connectivity index (χ0n) is 12.8. The van der Waals surface area contributed by atoms with Gasteiger partial charge in [-0.1, -0.05) is 13.0 Å². The van der Waals surface area contributed by atoms with Crippen LogP contribution in [0.25, 0.3) is 0 Å². The number of aryl methyl sites for hydroxylation is 1. The van der Waals surface area contributed by atoms with Gasteiger partial charge >= 0.3 is 0 Å². The summed E-state index contributed by atoms with van der Waals surface area (Å²) >= 11 is 0. The van der Waals surface area contributed by atoms with E-state index in [4.69, 9.17) is 10.5 Å². The summed E-state index contributed by atoms with van der Waals surface area (Å²) < 4.78 is 7.40. The summed E-state index contributed by atoms with van der Waals surface area (Å²) in [5.74, 6) is 0.664. The van der Waals surface area contributed by atoms with E-state index in [2.05, 4.69) is 12.0 Å². The highest BCUT2D eigenvalue weighted by Crippen LogP contribution is 2.16. The van der Waals surface area contributed by atoms with Crippen molar-refractivity contribution in [2.45, 2.75) is 39.8 Å². The molecule has 0 saturated carbocycles. The van der Waals surface area contributed by atoms with Crippen LogP contribution >= 0.6 is 0 Å². The molecule has 0 saturated heterocycles. The lowest BCUT2D eigenvalue weighted by Crippen LogP contribution is -2.24. The number of anilines is 1. The molecule has 0 bridgehead atoms. The molecule has 0 fully saturated rings. The van der Waals surface area contributed by atoms with Crippen molar-refractivity contribution in [1.82, 2.24) is 9.78 Å². The Balaban J connectivity index is 1.94. The maximum absolute atomic E-state index is 10.1. The molecule has 1 heterocycles. The molecule has 1 aromatic heterocycles. The Kier molecular flexibility index (Phi) is 4.85. The highest BCUT2D eigenvalue weighted by molar-refractivity contribution is 5.43. The number of aromatic nitrogens is 2. The molecule has 3 N–H and O–H groups in total. The second kappa shape index (κ2) is 6.63. The van der Waals surface area contributed by atoms with Gasteiger partial charge in [-0.25, -0.2) is 0 Å². The van der Waals surface area contributed by atoms with Crippen molar-refractivity contribution in [2.24, 2.45) is 0 Å². The number of hydrogen-bond acceptors (Lipinski definition) is 4. The quantitative estimate of drug-likeness (QED) is 0.799. The second-order valence-electron chi connectivity index (χ2n) is 5.22. The Bertz CT molecular complexity index is 608. The van der Waals surface area contributed by atoms with Gasteiger partial charge in [0.15, 0.2) is 0 Å². The first-order valence-electron chi connectivity index (χ1n) is 7.20. The molecule has 1 atom stereocenters. The van der Waals surface area contributed by atoms with E-state index in [-0.39, 0.29) is 6.61 Å². The number of nitrogens with zero attached hydrogens (tertiary/aromatic N) is 2. The zero-order chi connectivity index (χ0) is 15.4. The molecule has 2 aromatic rings. The van der Waals surface area contributed by atoms with E-state index in [0.29, 0.717) is 18.0 Å². The van der Waals surface area contributed by atoms with Crippen molar-refractivity contribution in [2.75, 3.05) is 12.3 Å². The molecule has 0 aliphatic carbocycles. The molecule has 5 nitrogen and oxygen atoms in total. The number of ether oxygens (including phenoxy) is 1. The van der Waals surface area contributed by atoms with Gasteiger partial charge in [-0.15, -0.1) is 0 Å². The van der Waals surface area contributed by atoms with Gasteiger partial charge in [0.05, 0.1) is 12.2 Å². The van der Waals surface area contributed by atoms with Crippen molar-refractivity contribution in [3.05, 3.63) is 41.2 Å². The number of nitrogens with two attached hydrogens (primary N) is 1. The first kappa shape index (κ1) is 15.4. The van der Waals surface area contributed by atoms with Gasteiger partial charge in [0.2, 0.25) is 0 Å². The fourth-order valence-electron chi connectivity index (χ4n) is 2.47. The molecule has 0 aliphatic heterocycles. The highest BCUT2D eigenvalue weighted by atomic mass is 16.5. The molecule has 0 spiro atoms. The number of rotatable bonds is 6. The van der Waals surface area contributed by atoms with E-state index in [0.717, 1.165) is 17.8 Å². The summed E-state index contributed by atoms with van der Waals surface area (Å²) in [7, 11) is 0. The third-order valence-corrected chi connectivity index (χ3v) is 3.57. The minimum atomic E-state index is -0.617. The predicted molar refractivity (Wildman–Crippen MR) is 83.4 cm³/mol. The fraction of sp³-hybridized carbons (Fsp3) is 0.438. The van der Waals surface area contributed by atoms with E-state index < -0.39 is 6.10 Å². The lowest BCUT2D eigenvalue weighted by atomic mass is 10.1. The summed E-state index contributed by atoms with van der Waals surface area (Å²) in [5.41, 5.74) is 9.72.